The van der Waals surface area contributed by atoms with Crippen LogP contribution in [0.4, 0.5) is 28.7 Å². The van der Waals surface area contributed by atoms with Crippen molar-refractivity contribution in [3.8, 4) is 0 Å². The lowest BCUT2D eigenvalue weighted by Crippen LogP contribution is -2.32. The molecule has 2 aromatic rings. The molecular formula is C20H30N6O. The van der Waals surface area contributed by atoms with Crippen LogP contribution in [-0.4, -0.2) is 29.0 Å². The number of rotatable bonds is 8. The summed E-state index contributed by atoms with van der Waals surface area (Å²) in [5, 5.41) is 5.98. The molecule has 0 spiro atoms. The van der Waals surface area contributed by atoms with Crippen LogP contribution < -0.4 is 21.3 Å². The molecular weight excluding hydrogens is 340 g/mol. The lowest BCUT2D eigenvalue weighted by Gasteiger charge is -2.28. The molecule has 146 valence electrons. The van der Waals surface area contributed by atoms with Crippen molar-refractivity contribution in [3.05, 3.63) is 30.6 Å². The average Bonchev–Trinajstić information content (AvgIpc) is 2.56. The number of amides is 1. The van der Waals surface area contributed by atoms with Gasteiger partial charge in [-0.15, -0.1) is 0 Å². The first-order valence-electron chi connectivity index (χ1n) is 9.26. The van der Waals surface area contributed by atoms with E-state index in [1.165, 1.54) is 13.3 Å². The van der Waals surface area contributed by atoms with E-state index in [2.05, 4.69) is 53.2 Å². The third-order valence-electron chi connectivity index (χ3n) is 3.80. The predicted molar refractivity (Wildman–Crippen MR) is 112 cm³/mol. The Morgan fingerprint density at radius 2 is 1.59 bits per heavy atom. The van der Waals surface area contributed by atoms with E-state index in [1.807, 2.05) is 24.3 Å². The van der Waals surface area contributed by atoms with Crippen LogP contribution in [0, 0.1) is 11.8 Å². The number of aromatic nitrogens is 2. The van der Waals surface area contributed by atoms with Gasteiger partial charge < -0.3 is 21.3 Å². The number of carbonyl (C=O) groups is 1. The molecule has 0 saturated heterocycles. The van der Waals surface area contributed by atoms with Crippen LogP contribution in [0.2, 0.25) is 0 Å². The third-order valence-corrected chi connectivity index (χ3v) is 3.80. The molecule has 0 atom stereocenters. The van der Waals surface area contributed by atoms with Gasteiger partial charge >= 0.3 is 0 Å². The summed E-state index contributed by atoms with van der Waals surface area (Å²) in [5.74, 6) is 2.22. The minimum absolute atomic E-state index is 0.101. The van der Waals surface area contributed by atoms with Crippen LogP contribution in [0.3, 0.4) is 0 Å². The molecule has 0 unspecified atom stereocenters. The summed E-state index contributed by atoms with van der Waals surface area (Å²) >= 11 is 0. The summed E-state index contributed by atoms with van der Waals surface area (Å²) < 4.78 is 0. The van der Waals surface area contributed by atoms with Gasteiger partial charge in [0.15, 0.2) is 11.6 Å². The molecule has 1 aromatic carbocycles. The quantitative estimate of drug-likeness (QED) is 0.652. The number of carbonyl (C=O) groups excluding carboxylic acids is 1. The minimum atomic E-state index is -0.101. The Hall–Kier alpha value is -2.83. The maximum atomic E-state index is 11.1. The third kappa shape index (κ3) is 6.13. The Bertz CT molecular complexity index is 748. The number of nitrogens with two attached hydrogens (primary N) is 1. The molecule has 1 heterocycles. The standard InChI is InChI=1S/C20H30N6O/c1-13(2)10-26(11-14(3)4)20-18(21)19(22-12-23-20)25-17-8-6-16(7-9-17)24-15(5)27/h6-9,12-14H,10-11,21H2,1-5H3,(H,24,27)(H,22,23,25). The highest BCUT2D eigenvalue weighted by Crippen LogP contribution is 2.29. The first kappa shape index (κ1) is 20.5. The zero-order valence-electron chi connectivity index (χ0n) is 16.8. The second kappa shape index (κ2) is 9.21. The number of nitrogen functional groups attached to an aromatic ring is 1. The maximum absolute atomic E-state index is 11.1. The highest BCUT2D eigenvalue weighted by Gasteiger charge is 2.17. The van der Waals surface area contributed by atoms with Crippen molar-refractivity contribution in [1.29, 1.82) is 0 Å². The second-order valence-corrected chi connectivity index (χ2v) is 7.54. The minimum Gasteiger partial charge on any atom is -0.393 e. The van der Waals surface area contributed by atoms with Gasteiger partial charge in [-0.2, -0.15) is 0 Å². The van der Waals surface area contributed by atoms with Crippen LogP contribution in [0.15, 0.2) is 30.6 Å². The van der Waals surface area contributed by atoms with Gasteiger partial charge in [0.25, 0.3) is 0 Å². The molecule has 0 bridgehead atoms. The molecule has 7 nitrogen and oxygen atoms in total. The van der Waals surface area contributed by atoms with E-state index in [-0.39, 0.29) is 5.91 Å². The lowest BCUT2D eigenvalue weighted by molar-refractivity contribution is -0.114. The zero-order valence-corrected chi connectivity index (χ0v) is 16.8. The van der Waals surface area contributed by atoms with Crippen LogP contribution in [0.25, 0.3) is 0 Å². The van der Waals surface area contributed by atoms with Crippen molar-refractivity contribution < 1.29 is 4.79 Å². The molecule has 0 radical (unpaired) electrons. The number of hydrogen-bond donors (Lipinski definition) is 3. The van der Waals surface area contributed by atoms with Crippen LogP contribution in [0.1, 0.15) is 34.6 Å². The van der Waals surface area contributed by atoms with Gasteiger partial charge in [-0.05, 0) is 36.1 Å². The summed E-state index contributed by atoms with van der Waals surface area (Å²) in [6, 6.07) is 7.39. The molecule has 1 amide bonds. The van der Waals surface area contributed by atoms with Crippen LogP contribution in [-0.2, 0) is 4.79 Å². The number of nitrogens with zero attached hydrogens (tertiary/aromatic N) is 3. The first-order chi connectivity index (χ1) is 12.8. The van der Waals surface area contributed by atoms with Gasteiger partial charge in [-0.1, -0.05) is 27.7 Å². The van der Waals surface area contributed by atoms with Gasteiger partial charge in [0.2, 0.25) is 5.91 Å². The summed E-state index contributed by atoms with van der Waals surface area (Å²) in [5.41, 5.74) is 8.50. The van der Waals surface area contributed by atoms with E-state index >= 15 is 0 Å². The Kier molecular flexibility index (Phi) is 6.98. The fourth-order valence-electron chi connectivity index (χ4n) is 2.84. The van der Waals surface area contributed by atoms with Gasteiger partial charge in [0.05, 0.1) is 0 Å². The topological polar surface area (TPSA) is 96.2 Å². The van der Waals surface area contributed by atoms with Crippen LogP contribution >= 0.6 is 0 Å². The van der Waals surface area contributed by atoms with E-state index in [0.29, 0.717) is 23.3 Å². The largest absolute Gasteiger partial charge is 0.393 e. The van der Waals surface area contributed by atoms with E-state index in [1.54, 1.807) is 0 Å². The normalized spacial score (nSPS) is 10.9. The first-order valence-corrected chi connectivity index (χ1v) is 9.26. The van der Waals surface area contributed by atoms with Gasteiger partial charge in [0, 0.05) is 31.4 Å². The SMILES string of the molecule is CC(=O)Nc1ccc(Nc2ncnc(N(CC(C)C)CC(C)C)c2N)cc1. The van der Waals surface area contributed by atoms with E-state index in [0.717, 1.165) is 30.3 Å². The highest BCUT2D eigenvalue weighted by atomic mass is 16.1. The van der Waals surface area contributed by atoms with Crippen molar-refractivity contribution in [3.63, 3.8) is 0 Å². The number of hydrogen-bond acceptors (Lipinski definition) is 6. The molecule has 0 aliphatic carbocycles. The van der Waals surface area contributed by atoms with E-state index in [9.17, 15) is 4.79 Å². The van der Waals surface area contributed by atoms with Crippen molar-refractivity contribution in [1.82, 2.24) is 9.97 Å². The Labute approximate surface area is 161 Å². The molecule has 2 rings (SSSR count). The van der Waals surface area contributed by atoms with Crippen molar-refractivity contribution in [2.24, 2.45) is 11.8 Å². The molecule has 0 aliphatic rings. The summed E-state index contributed by atoms with van der Waals surface area (Å²) in [6.07, 6.45) is 1.54. The Morgan fingerprint density at radius 3 is 2.11 bits per heavy atom. The van der Waals surface area contributed by atoms with Gasteiger partial charge in [-0.25, -0.2) is 9.97 Å². The van der Waals surface area contributed by atoms with Gasteiger partial charge in [-0.3, -0.25) is 4.79 Å². The fourth-order valence-corrected chi connectivity index (χ4v) is 2.84. The van der Waals surface area contributed by atoms with Crippen molar-refractivity contribution in [2.75, 3.05) is 34.4 Å². The molecule has 1 aromatic heterocycles. The van der Waals surface area contributed by atoms with Crippen molar-refractivity contribution >= 4 is 34.6 Å². The molecule has 0 aliphatic heterocycles. The number of benzene rings is 1. The Morgan fingerprint density at radius 1 is 1.04 bits per heavy atom. The maximum Gasteiger partial charge on any atom is 0.221 e. The number of anilines is 5. The molecule has 0 fully saturated rings. The van der Waals surface area contributed by atoms with E-state index in [4.69, 9.17) is 5.73 Å². The van der Waals surface area contributed by atoms with Crippen LogP contribution in [0.5, 0.6) is 0 Å². The molecule has 27 heavy (non-hydrogen) atoms. The molecule has 7 heteroatoms. The summed E-state index contributed by atoms with van der Waals surface area (Å²) in [6.45, 7) is 12.0. The fraction of sp³-hybridized carbons (Fsp3) is 0.450. The van der Waals surface area contributed by atoms with Gasteiger partial charge in [0.1, 0.15) is 12.0 Å². The zero-order chi connectivity index (χ0) is 20.0. The predicted octanol–water partition coefficient (Wildman–Crippen LogP) is 3.88. The lowest BCUT2D eigenvalue weighted by atomic mass is 10.1. The average molecular weight is 371 g/mol. The van der Waals surface area contributed by atoms with E-state index < -0.39 is 0 Å². The summed E-state index contributed by atoms with van der Waals surface area (Å²) in [7, 11) is 0. The number of nitrogens with one attached hydrogen (secondary N) is 2. The summed E-state index contributed by atoms with van der Waals surface area (Å²) in [4.78, 5) is 22.1. The second-order valence-electron chi connectivity index (χ2n) is 7.54. The highest BCUT2D eigenvalue weighted by molar-refractivity contribution is 5.89. The molecule has 0 saturated carbocycles. The smallest absolute Gasteiger partial charge is 0.221 e. The molecule has 4 N–H and O–H groups in total. The van der Waals surface area contributed by atoms with Crippen molar-refractivity contribution in [2.45, 2.75) is 34.6 Å². The monoisotopic (exact) mass is 370 g/mol. The Balaban J connectivity index is 2.23.